The molecule has 54 heavy (non-hydrogen) atoms. The molecule has 0 aliphatic carbocycles. The van der Waals surface area contributed by atoms with Crippen molar-refractivity contribution >= 4 is 75.9 Å². The molecule has 12 rings (SSSR count). The first-order valence-corrected chi connectivity index (χ1v) is 18.7. The maximum atomic E-state index is 2.53. The largest absolute Gasteiger partial charge is 0.309 e. The summed E-state index contributed by atoms with van der Waals surface area (Å²) < 4.78 is 4.91. The molecule has 0 N–H and O–H groups in total. The van der Waals surface area contributed by atoms with Crippen LogP contribution in [-0.4, -0.2) is 9.13 Å². The minimum atomic E-state index is 1.17. The molecule has 0 spiro atoms. The van der Waals surface area contributed by atoms with Crippen molar-refractivity contribution in [3.8, 4) is 33.6 Å². The zero-order chi connectivity index (χ0) is 35.3. The summed E-state index contributed by atoms with van der Waals surface area (Å²) in [6.45, 7) is 0. The fourth-order valence-electron chi connectivity index (χ4n) is 9.27. The van der Waals surface area contributed by atoms with Gasteiger partial charge in [0.05, 0.1) is 22.1 Å². The van der Waals surface area contributed by atoms with Crippen LogP contribution in [-0.2, 0) is 0 Å². The van der Waals surface area contributed by atoms with Crippen molar-refractivity contribution < 1.29 is 0 Å². The summed E-state index contributed by atoms with van der Waals surface area (Å²) in [5, 5.41) is 12.9. The average molecular weight is 685 g/mol. The number of hydrogen-bond donors (Lipinski definition) is 0. The van der Waals surface area contributed by atoms with Gasteiger partial charge in [0, 0.05) is 38.3 Å². The zero-order valence-corrected chi connectivity index (χ0v) is 29.4. The fourth-order valence-corrected chi connectivity index (χ4v) is 9.27. The molecule has 0 fully saturated rings. The van der Waals surface area contributed by atoms with Crippen molar-refractivity contribution in [3.63, 3.8) is 0 Å². The zero-order valence-electron chi connectivity index (χ0n) is 29.4. The highest BCUT2D eigenvalue weighted by atomic mass is 15.0. The molecule has 0 atom stereocenters. The maximum absolute atomic E-state index is 2.53. The summed E-state index contributed by atoms with van der Waals surface area (Å²) in [6.07, 6.45) is 0. The van der Waals surface area contributed by atoms with E-state index in [1.54, 1.807) is 0 Å². The fraction of sp³-hybridized carbons (Fsp3) is 0. The SMILES string of the molecule is c1ccc(-c2cccc(-n3c4cccc5c6ccccc6c6cc7ccc(-c8ccc9c(c8)c8ccccc8n9-c8ccccc8)cc7c3c6c54)c2)cc1. The molecule has 10 aromatic carbocycles. The maximum Gasteiger partial charge on any atom is 0.0626 e. The van der Waals surface area contributed by atoms with Gasteiger partial charge in [-0.25, -0.2) is 0 Å². The third-order valence-electron chi connectivity index (χ3n) is 11.6. The van der Waals surface area contributed by atoms with Gasteiger partial charge in [0.15, 0.2) is 0 Å². The van der Waals surface area contributed by atoms with E-state index in [0.717, 1.165) is 0 Å². The lowest BCUT2D eigenvalue weighted by molar-refractivity contribution is 1.18. The Labute approximate surface area is 311 Å². The summed E-state index contributed by atoms with van der Waals surface area (Å²) >= 11 is 0. The molecular weight excluding hydrogens is 653 g/mol. The molecule has 2 heterocycles. The van der Waals surface area contributed by atoms with E-state index in [4.69, 9.17) is 0 Å². The van der Waals surface area contributed by atoms with Gasteiger partial charge in [0.25, 0.3) is 0 Å². The van der Waals surface area contributed by atoms with E-state index in [1.165, 1.54) is 110 Å². The van der Waals surface area contributed by atoms with E-state index >= 15 is 0 Å². The highest BCUT2D eigenvalue weighted by Crippen LogP contribution is 2.47. The number of rotatable bonds is 4. The number of para-hydroxylation sites is 2. The highest BCUT2D eigenvalue weighted by molar-refractivity contribution is 6.38. The van der Waals surface area contributed by atoms with Crippen LogP contribution in [0.1, 0.15) is 0 Å². The van der Waals surface area contributed by atoms with Crippen molar-refractivity contribution in [2.24, 2.45) is 0 Å². The minimum absolute atomic E-state index is 1.17. The van der Waals surface area contributed by atoms with Gasteiger partial charge in [-0.15, -0.1) is 0 Å². The summed E-state index contributed by atoms with van der Waals surface area (Å²) in [5.41, 5.74) is 12.1. The van der Waals surface area contributed by atoms with Crippen LogP contribution in [0.4, 0.5) is 0 Å². The Morgan fingerprint density at radius 2 is 0.833 bits per heavy atom. The Morgan fingerprint density at radius 3 is 1.67 bits per heavy atom. The molecule has 2 nitrogen and oxygen atoms in total. The predicted octanol–water partition coefficient (Wildman–Crippen LogP) is 14.1. The molecule has 250 valence electrons. The van der Waals surface area contributed by atoms with Crippen molar-refractivity contribution in [3.05, 3.63) is 194 Å². The Balaban J connectivity index is 1.17. The third kappa shape index (κ3) is 4.11. The quantitative estimate of drug-likeness (QED) is 0.129. The van der Waals surface area contributed by atoms with E-state index < -0.39 is 0 Å². The van der Waals surface area contributed by atoms with E-state index in [-0.39, 0.29) is 0 Å². The summed E-state index contributed by atoms with van der Waals surface area (Å²) in [5.74, 6) is 0. The molecule has 0 aliphatic rings. The summed E-state index contributed by atoms with van der Waals surface area (Å²) in [6, 6.07) is 71.4. The van der Waals surface area contributed by atoms with Gasteiger partial charge >= 0.3 is 0 Å². The van der Waals surface area contributed by atoms with Gasteiger partial charge in [0.2, 0.25) is 0 Å². The predicted molar refractivity (Wildman–Crippen MR) is 230 cm³/mol. The van der Waals surface area contributed by atoms with Gasteiger partial charge in [-0.2, -0.15) is 0 Å². The van der Waals surface area contributed by atoms with Crippen LogP contribution in [0.3, 0.4) is 0 Å². The van der Waals surface area contributed by atoms with E-state index in [2.05, 4.69) is 203 Å². The van der Waals surface area contributed by atoms with E-state index in [0.29, 0.717) is 0 Å². The Morgan fingerprint density at radius 1 is 0.259 bits per heavy atom. The molecule has 0 unspecified atom stereocenters. The second-order valence-corrected chi connectivity index (χ2v) is 14.5. The molecule has 0 saturated carbocycles. The van der Waals surface area contributed by atoms with E-state index in [1.807, 2.05) is 0 Å². The molecule has 0 saturated heterocycles. The lowest BCUT2D eigenvalue weighted by Crippen LogP contribution is -1.95. The summed E-state index contributed by atoms with van der Waals surface area (Å²) in [4.78, 5) is 0. The van der Waals surface area contributed by atoms with Gasteiger partial charge in [-0.3, -0.25) is 0 Å². The monoisotopic (exact) mass is 684 g/mol. The molecule has 2 aromatic heterocycles. The second kappa shape index (κ2) is 11.2. The molecular formula is C52H32N2. The van der Waals surface area contributed by atoms with Crippen LogP contribution < -0.4 is 0 Å². The van der Waals surface area contributed by atoms with E-state index in [9.17, 15) is 0 Å². The van der Waals surface area contributed by atoms with Crippen molar-refractivity contribution in [2.45, 2.75) is 0 Å². The number of fused-ring (bicyclic) bond motifs is 8. The van der Waals surface area contributed by atoms with Gasteiger partial charge in [-0.1, -0.05) is 133 Å². The number of nitrogens with zero attached hydrogens (tertiary/aromatic N) is 2. The van der Waals surface area contributed by atoms with Crippen LogP contribution in [0.5, 0.6) is 0 Å². The minimum Gasteiger partial charge on any atom is -0.309 e. The lowest BCUT2D eigenvalue weighted by Gasteiger charge is -2.14. The summed E-state index contributed by atoms with van der Waals surface area (Å²) in [7, 11) is 0. The number of hydrogen-bond acceptors (Lipinski definition) is 0. The van der Waals surface area contributed by atoms with Crippen LogP contribution >= 0.6 is 0 Å². The molecule has 0 aliphatic heterocycles. The molecule has 12 aromatic rings. The van der Waals surface area contributed by atoms with Gasteiger partial charge < -0.3 is 9.13 Å². The van der Waals surface area contributed by atoms with Crippen LogP contribution in [0.25, 0.3) is 110 Å². The Kier molecular flexibility index (Phi) is 6.09. The van der Waals surface area contributed by atoms with Crippen molar-refractivity contribution in [1.82, 2.24) is 9.13 Å². The molecule has 2 heteroatoms. The lowest BCUT2D eigenvalue weighted by atomic mass is 9.91. The number of aromatic nitrogens is 2. The third-order valence-corrected chi connectivity index (χ3v) is 11.6. The van der Waals surface area contributed by atoms with Crippen molar-refractivity contribution in [2.75, 3.05) is 0 Å². The smallest absolute Gasteiger partial charge is 0.0626 e. The Bertz CT molecular complexity index is 3420. The molecule has 0 bridgehead atoms. The molecule has 0 amide bonds. The highest BCUT2D eigenvalue weighted by Gasteiger charge is 2.23. The first-order valence-electron chi connectivity index (χ1n) is 18.7. The van der Waals surface area contributed by atoms with Gasteiger partial charge in [-0.05, 0) is 110 Å². The first-order chi connectivity index (χ1) is 26.8. The Hall–Kier alpha value is -7.16. The number of benzene rings is 10. The van der Waals surface area contributed by atoms with Crippen LogP contribution in [0.15, 0.2) is 194 Å². The van der Waals surface area contributed by atoms with Crippen molar-refractivity contribution in [1.29, 1.82) is 0 Å². The normalized spacial score (nSPS) is 12.1. The van der Waals surface area contributed by atoms with Gasteiger partial charge in [0.1, 0.15) is 0 Å². The first kappa shape index (κ1) is 29.4. The van der Waals surface area contributed by atoms with Crippen LogP contribution in [0.2, 0.25) is 0 Å². The standard InChI is InChI=1S/C52H32N2/c1-3-13-33(14-4-1)34-15-11-18-39(29-34)54-49-24-12-22-43-40-19-7-8-20-41(40)46-32-37-26-25-35(30-44(37)52(54)51(46)50(43)49)36-27-28-48-45(31-36)42-21-9-10-23-47(42)53(48)38-16-5-2-6-17-38/h1-32H. The average Bonchev–Trinajstić information content (AvgIpc) is 3.77. The topological polar surface area (TPSA) is 9.86 Å². The van der Waals surface area contributed by atoms with Crippen LogP contribution in [0, 0.1) is 0 Å². The second-order valence-electron chi connectivity index (χ2n) is 14.5. The molecule has 0 radical (unpaired) electrons.